The van der Waals surface area contributed by atoms with Crippen molar-refractivity contribution in [3.05, 3.63) is 47.5 Å². The number of hydrogen-bond acceptors (Lipinski definition) is 5. The van der Waals surface area contributed by atoms with E-state index in [9.17, 15) is 4.79 Å². The number of morpholine rings is 1. The monoisotopic (exact) mass is 468 g/mol. The smallest absolute Gasteiger partial charge is 0.263 e. The lowest BCUT2D eigenvalue weighted by Crippen LogP contribution is -2.36. The van der Waals surface area contributed by atoms with Crippen molar-refractivity contribution in [1.29, 1.82) is 0 Å². The molecule has 1 aliphatic heterocycles. The third kappa shape index (κ3) is 6.23. The first-order valence-corrected chi connectivity index (χ1v) is 12.4. The molecular formula is C28H40N2O4. The Kier molecular flexibility index (Phi) is 9.22. The molecule has 2 aromatic carbocycles. The minimum atomic E-state index is -0.248. The summed E-state index contributed by atoms with van der Waals surface area (Å²) in [6.07, 6.45) is 5.95. The van der Waals surface area contributed by atoms with Crippen LogP contribution in [0.15, 0.2) is 36.4 Å². The van der Waals surface area contributed by atoms with Gasteiger partial charge in [-0.25, -0.2) is 0 Å². The van der Waals surface area contributed by atoms with Gasteiger partial charge in [0.1, 0.15) is 17.1 Å². The molecular weight excluding hydrogens is 428 g/mol. The fourth-order valence-electron chi connectivity index (χ4n) is 4.51. The van der Waals surface area contributed by atoms with Gasteiger partial charge < -0.3 is 24.4 Å². The van der Waals surface area contributed by atoms with E-state index in [0.717, 1.165) is 36.4 Å². The van der Waals surface area contributed by atoms with Crippen molar-refractivity contribution in [3.63, 3.8) is 0 Å². The van der Waals surface area contributed by atoms with Crippen LogP contribution in [0.2, 0.25) is 0 Å². The molecule has 1 fully saturated rings. The van der Waals surface area contributed by atoms with Crippen molar-refractivity contribution in [1.82, 2.24) is 0 Å². The molecule has 0 radical (unpaired) electrons. The average molecular weight is 469 g/mol. The minimum absolute atomic E-state index is 0.0494. The van der Waals surface area contributed by atoms with E-state index in [0.29, 0.717) is 30.3 Å². The lowest BCUT2D eigenvalue weighted by molar-refractivity contribution is 0.102. The third-order valence-electron chi connectivity index (χ3n) is 6.67. The molecule has 0 bridgehead atoms. The van der Waals surface area contributed by atoms with E-state index in [4.69, 9.17) is 14.2 Å². The Morgan fingerprint density at radius 1 is 1.03 bits per heavy atom. The predicted octanol–water partition coefficient (Wildman–Crippen LogP) is 6.04. The number of carbonyl (C=O) groups excluding carboxylic acids is 1. The molecule has 1 saturated heterocycles. The molecule has 1 amide bonds. The fraction of sp³-hybridized carbons (Fsp3) is 0.536. The summed E-state index contributed by atoms with van der Waals surface area (Å²) in [7, 11) is 3.20. The number of nitrogens with zero attached hydrogens (tertiary/aromatic N) is 1. The van der Waals surface area contributed by atoms with Crippen molar-refractivity contribution >= 4 is 17.3 Å². The molecule has 0 atom stereocenters. The first-order chi connectivity index (χ1) is 16.4. The molecule has 0 spiro atoms. The topological polar surface area (TPSA) is 60.0 Å². The van der Waals surface area contributed by atoms with E-state index < -0.39 is 0 Å². The number of amides is 1. The van der Waals surface area contributed by atoms with Crippen LogP contribution in [0.3, 0.4) is 0 Å². The van der Waals surface area contributed by atoms with Crippen LogP contribution in [0.25, 0.3) is 0 Å². The highest BCUT2D eigenvalue weighted by atomic mass is 16.5. The maximum absolute atomic E-state index is 13.5. The summed E-state index contributed by atoms with van der Waals surface area (Å²) in [5.74, 6) is 0.802. The third-order valence-corrected chi connectivity index (χ3v) is 6.67. The summed E-state index contributed by atoms with van der Waals surface area (Å²) < 4.78 is 16.9. The highest BCUT2D eigenvalue weighted by Crippen LogP contribution is 2.39. The Labute approximate surface area is 204 Å². The molecule has 0 unspecified atom stereocenters. The summed E-state index contributed by atoms with van der Waals surface area (Å²) in [5.41, 5.74) is 3.22. The number of carbonyl (C=O) groups is 1. The van der Waals surface area contributed by atoms with Gasteiger partial charge in [-0.05, 0) is 41.7 Å². The molecule has 1 heterocycles. The Hall–Kier alpha value is -2.73. The van der Waals surface area contributed by atoms with Gasteiger partial charge in [0.15, 0.2) is 0 Å². The summed E-state index contributed by atoms with van der Waals surface area (Å²) in [5, 5.41) is 3.10. The van der Waals surface area contributed by atoms with E-state index in [-0.39, 0.29) is 11.3 Å². The lowest BCUT2D eigenvalue weighted by Gasteiger charge is -2.30. The molecule has 34 heavy (non-hydrogen) atoms. The zero-order valence-corrected chi connectivity index (χ0v) is 21.4. The number of methoxy groups -OCH3 is 2. The van der Waals surface area contributed by atoms with E-state index in [1.165, 1.54) is 25.7 Å². The number of rotatable bonds is 11. The van der Waals surface area contributed by atoms with Crippen LogP contribution in [0.1, 0.15) is 68.8 Å². The van der Waals surface area contributed by atoms with Crippen LogP contribution >= 0.6 is 0 Å². The van der Waals surface area contributed by atoms with Crippen LogP contribution < -0.4 is 19.7 Å². The van der Waals surface area contributed by atoms with Gasteiger partial charge in [-0.3, -0.25) is 4.79 Å². The quantitative estimate of drug-likeness (QED) is 0.407. The largest absolute Gasteiger partial charge is 0.496 e. The minimum Gasteiger partial charge on any atom is -0.496 e. The van der Waals surface area contributed by atoms with Crippen molar-refractivity contribution in [3.8, 4) is 11.5 Å². The Morgan fingerprint density at radius 2 is 1.68 bits per heavy atom. The maximum Gasteiger partial charge on any atom is 0.263 e. The number of ether oxygens (including phenoxy) is 3. The summed E-state index contributed by atoms with van der Waals surface area (Å²) in [4.78, 5) is 15.7. The van der Waals surface area contributed by atoms with Gasteiger partial charge in [-0.15, -0.1) is 0 Å². The second-order valence-corrected chi connectivity index (χ2v) is 9.52. The van der Waals surface area contributed by atoms with Crippen LogP contribution in [0, 0.1) is 0 Å². The fourth-order valence-corrected chi connectivity index (χ4v) is 4.51. The van der Waals surface area contributed by atoms with E-state index in [1.54, 1.807) is 14.2 Å². The van der Waals surface area contributed by atoms with Gasteiger partial charge in [-0.2, -0.15) is 0 Å². The normalized spacial score (nSPS) is 14.1. The molecule has 6 nitrogen and oxygen atoms in total. The van der Waals surface area contributed by atoms with E-state index >= 15 is 0 Å². The van der Waals surface area contributed by atoms with E-state index in [2.05, 4.69) is 31.0 Å². The van der Waals surface area contributed by atoms with Gasteiger partial charge in [-0.1, -0.05) is 58.6 Å². The summed E-state index contributed by atoms with van der Waals surface area (Å²) in [6, 6.07) is 11.8. The lowest BCUT2D eigenvalue weighted by atomic mass is 9.79. The highest BCUT2D eigenvalue weighted by molar-refractivity contribution is 6.09. The average Bonchev–Trinajstić information content (AvgIpc) is 2.86. The molecule has 0 aliphatic carbocycles. The molecule has 1 N–H and O–H groups in total. The van der Waals surface area contributed by atoms with Crippen LogP contribution in [-0.2, 0) is 10.2 Å². The molecule has 2 aromatic rings. The van der Waals surface area contributed by atoms with Gasteiger partial charge >= 0.3 is 0 Å². The second-order valence-electron chi connectivity index (χ2n) is 9.52. The standard InChI is InChI=1S/C28H40N2O4/c1-6-7-8-11-14-28(2,3)21-19-24(32-4)26(25(20-21)33-5)27(31)29-22-12-9-10-13-23(22)30-15-17-34-18-16-30/h9-10,12-13,19-20H,6-8,11,14-18H2,1-5H3,(H,29,31). The van der Waals surface area contributed by atoms with Gasteiger partial charge in [0.05, 0.1) is 38.8 Å². The zero-order chi connectivity index (χ0) is 24.6. The number of benzene rings is 2. The molecule has 186 valence electrons. The molecule has 0 aromatic heterocycles. The van der Waals surface area contributed by atoms with E-state index in [1.807, 2.05) is 36.4 Å². The second kappa shape index (κ2) is 12.1. The first-order valence-electron chi connectivity index (χ1n) is 12.4. The molecule has 1 aliphatic rings. The first kappa shape index (κ1) is 25.9. The Morgan fingerprint density at radius 3 is 2.29 bits per heavy atom. The molecule has 6 heteroatoms. The number of para-hydroxylation sites is 2. The van der Waals surface area contributed by atoms with Gasteiger partial charge in [0, 0.05) is 13.1 Å². The van der Waals surface area contributed by atoms with Crippen LogP contribution in [0.5, 0.6) is 11.5 Å². The zero-order valence-electron chi connectivity index (χ0n) is 21.4. The van der Waals surface area contributed by atoms with Gasteiger partial charge in [0.25, 0.3) is 5.91 Å². The summed E-state index contributed by atoms with van der Waals surface area (Å²) in [6.45, 7) is 9.66. The van der Waals surface area contributed by atoms with Gasteiger partial charge in [0.2, 0.25) is 0 Å². The van der Waals surface area contributed by atoms with Crippen molar-refractivity contribution < 1.29 is 19.0 Å². The van der Waals surface area contributed by atoms with Crippen molar-refractivity contribution in [2.75, 3.05) is 50.7 Å². The maximum atomic E-state index is 13.5. The summed E-state index contributed by atoms with van der Waals surface area (Å²) >= 11 is 0. The number of unbranched alkanes of at least 4 members (excludes halogenated alkanes) is 3. The number of hydrogen-bond donors (Lipinski definition) is 1. The Balaban J connectivity index is 1.87. The Bertz CT molecular complexity index is 926. The van der Waals surface area contributed by atoms with Crippen LogP contribution in [-0.4, -0.2) is 46.4 Å². The van der Waals surface area contributed by atoms with Crippen LogP contribution in [0.4, 0.5) is 11.4 Å². The predicted molar refractivity (Wildman–Crippen MR) is 139 cm³/mol. The molecule has 0 saturated carbocycles. The SMILES string of the molecule is CCCCCCC(C)(C)c1cc(OC)c(C(=O)Nc2ccccc2N2CCOCC2)c(OC)c1. The van der Waals surface area contributed by atoms with Crippen molar-refractivity contribution in [2.24, 2.45) is 0 Å². The van der Waals surface area contributed by atoms with Crippen molar-refractivity contribution in [2.45, 2.75) is 58.3 Å². The number of nitrogens with one attached hydrogen (secondary N) is 1. The number of anilines is 2. The highest BCUT2D eigenvalue weighted by Gasteiger charge is 2.27. The molecule has 3 rings (SSSR count).